The Morgan fingerprint density at radius 1 is 1.30 bits per heavy atom. The fourth-order valence-corrected chi connectivity index (χ4v) is 4.41. The molecule has 2 N–H and O–H groups in total. The lowest BCUT2D eigenvalue weighted by molar-refractivity contribution is 0.178. The van der Waals surface area contributed by atoms with Crippen LogP contribution in [0.2, 0.25) is 0 Å². The molecule has 2 aliphatic rings. The minimum atomic E-state index is -0.181. The van der Waals surface area contributed by atoms with Crippen molar-refractivity contribution in [1.82, 2.24) is 14.9 Å². The molecule has 1 unspecified atom stereocenters. The first kappa shape index (κ1) is 22.9. The van der Waals surface area contributed by atoms with Crippen LogP contribution in [0.15, 0.2) is 60.4 Å². The van der Waals surface area contributed by atoms with Gasteiger partial charge in [-0.05, 0) is 49.3 Å². The van der Waals surface area contributed by atoms with Crippen molar-refractivity contribution in [1.29, 1.82) is 0 Å². The smallest absolute Gasteiger partial charge is 0.161 e. The Bertz CT molecular complexity index is 1100. The van der Waals surface area contributed by atoms with Gasteiger partial charge < -0.3 is 15.3 Å². The van der Waals surface area contributed by atoms with Gasteiger partial charge >= 0.3 is 0 Å². The van der Waals surface area contributed by atoms with Crippen molar-refractivity contribution >= 4 is 23.2 Å². The van der Waals surface area contributed by atoms with E-state index in [0.29, 0.717) is 11.7 Å². The van der Waals surface area contributed by atoms with E-state index in [-0.39, 0.29) is 12.1 Å². The highest BCUT2D eigenvalue weighted by Crippen LogP contribution is 2.30. The number of benzene rings is 1. The maximum atomic E-state index is 9.90. The number of hydrogen-bond acceptors (Lipinski definition) is 6. The number of rotatable bonds is 8. The molecule has 0 bridgehead atoms. The summed E-state index contributed by atoms with van der Waals surface area (Å²) < 4.78 is 0. The fraction of sp³-hybridized carbons (Fsp3) is 0.370. The van der Waals surface area contributed by atoms with Crippen LogP contribution < -0.4 is 5.32 Å². The van der Waals surface area contributed by atoms with Gasteiger partial charge in [0.1, 0.15) is 5.82 Å². The van der Waals surface area contributed by atoms with E-state index in [1.807, 2.05) is 55.8 Å². The topological polar surface area (TPSA) is 73.6 Å². The van der Waals surface area contributed by atoms with Crippen molar-refractivity contribution in [3.8, 4) is 11.4 Å². The summed E-state index contributed by atoms with van der Waals surface area (Å²) in [5.41, 5.74) is 5.06. The van der Waals surface area contributed by atoms with E-state index in [9.17, 15) is 5.11 Å². The first-order chi connectivity index (χ1) is 15.9. The maximum absolute atomic E-state index is 9.90. The minimum Gasteiger partial charge on any atom is -0.393 e. The molecule has 0 saturated heterocycles. The molecular formula is C27H33N5O. The predicted molar refractivity (Wildman–Crippen MR) is 137 cm³/mol. The van der Waals surface area contributed by atoms with E-state index in [1.54, 1.807) is 0 Å². The molecule has 0 spiro atoms. The van der Waals surface area contributed by atoms with Crippen molar-refractivity contribution in [3.63, 3.8) is 0 Å². The number of aliphatic hydroxyl groups excluding tert-OH is 1. The Morgan fingerprint density at radius 3 is 2.82 bits per heavy atom. The molecule has 0 amide bonds. The molecule has 2 heterocycles. The third-order valence-corrected chi connectivity index (χ3v) is 6.11. The van der Waals surface area contributed by atoms with Crippen molar-refractivity contribution in [2.24, 2.45) is 10.9 Å². The van der Waals surface area contributed by atoms with Crippen molar-refractivity contribution < 1.29 is 5.11 Å². The minimum absolute atomic E-state index is 0.162. The van der Waals surface area contributed by atoms with Crippen LogP contribution in [0.25, 0.3) is 22.5 Å². The molecule has 4 rings (SSSR count). The molecule has 1 saturated carbocycles. The number of hydrogen-bond donors (Lipinski definition) is 2. The van der Waals surface area contributed by atoms with Gasteiger partial charge in [0.15, 0.2) is 5.82 Å². The van der Waals surface area contributed by atoms with Crippen molar-refractivity contribution in [2.75, 3.05) is 26.0 Å². The first-order valence-electron chi connectivity index (χ1n) is 11.6. The number of nitrogens with zero attached hydrogens (tertiary/aromatic N) is 4. The highest BCUT2D eigenvalue weighted by atomic mass is 16.3. The standard InChI is InChI=1S/C27H33N5O/c1-5-20(17-32(3)4)21-7-6-8-22(13-21)26-30-16-25(23-11-18(2)28-15-23)27(31-26)29-14-19-9-10-24(33)12-19/h5-8,11,13,15-19,24,33H,1,9-10,12,14H2,2-4H3,(H,29,30,31)/b20-17+/t18?,19-,24+/m0/s1. The van der Waals surface area contributed by atoms with Crippen LogP contribution in [-0.4, -0.2) is 59.0 Å². The summed E-state index contributed by atoms with van der Waals surface area (Å²) >= 11 is 0. The van der Waals surface area contributed by atoms with Gasteiger partial charge in [-0.2, -0.15) is 0 Å². The highest BCUT2D eigenvalue weighted by molar-refractivity contribution is 6.13. The third kappa shape index (κ3) is 5.57. The molecule has 33 heavy (non-hydrogen) atoms. The molecule has 172 valence electrons. The lowest BCUT2D eigenvalue weighted by Gasteiger charge is -2.16. The summed E-state index contributed by atoms with van der Waals surface area (Å²) in [6, 6.07) is 8.39. The van der Waals surface area contributed by atoms with Crippen LogP contribution >= 0.6 is 0 Å². The summed E-state index contributed by atoms with van der Waals surface area (Å²) in [6.07, 6.45) is 12.4. The number of nitrogens with one attached hydrogen (secondary N) is 1. The largest absolute Gasteiger partial charge is 0.393 e. The summed E-state index contributed by atoms with van der Waals surface area (Å²) in [6.45, 7) is 6.81. The summed E-state index contributed by atoms with van der Waals surface area (Å²) in [5, 5.41) is 13.5. The lowest BCUT2D eigenvalue weighted by Crippen LogP contribution is -2.15. The van der Waals surface area contributed by atoms with Gasteiger partial charge in [-0.1, -0.05) is 36.9 Å². The normalized spacial score (nSPS) is 22.4. The van der Waals surface area contributed by atoms with E-state index in [4.69, 9.17) is 9.97 Å². The Labute approximate surface area is 196 Å². The van der Waals surface area contributed by atoms with Gasteiger partial charge in [0, 0.05) is 56.0 Å². The zero-order valence-electron chi connectivity index (χ0n) is 19.7. The zero-order chi connectivity index (χ0) is 23.4. The number of allylic oxidation sites excluding steroid dienone is 3. The van der Waals surface area contributed by atoms with Crippen LogP contribution in [0.4, 0.5) is 5.82 Å². The number of anilines is 1. The van der Waals surface area contributed by atoms with Crippen molar-refractivity contribution in [2.45, 2.75) is 38.3 Å². The van der Waals surface area contributed by atoms with E-state index in [2.05, 4.69) is 42.0 Å². The maximum Gasteiger partial charge on any atom is 0.161 e. The number of aliphatic hydroxyl groups is 1. The molecule has 1 aliphatic heterocycles. The Balaban J connectivity index is 1.67. The van der Waals surface area contributed by atoms with Gasteiger partial charge in [-0.15, -0.1) is 0 Å². The van der Waals surface area contributed by atoms with Crippen LogP contribution in [0.5, 0.6) is 0 Å². The molecule has 1 aliphatic carbocycles. The molecular weight excluding hydrogens is 410 g/mol. The second-order valence-electron chi connectivity index (χ2n) is 9.14. The van der Waals surface area contributed by atoms with Crippen molar-refractivity contribution in [3.05, 3.63) is 66.5 Å². The van der Waals surface area contributed by atoms with E-state index in [1.165, 1.54) is 0 Å². The Hall–Kier alpha value is -3.25. The van der Waals surface area contributed by atoms with Crippen LogP contribution in [0.3, 0.4) is 0 Å². The Kier molecular flexibility index (Phi) is 7.04. The molecule has 3 atom stereocenters. The van der Waals surface area contributed by atoms with E-state index in [0.717, 1.165) is 59.5 Å². The molecule has 0 radical (unpaired) electrons. The molecule has 1 aromatic heterocycles. The molecule has 2 aromatic rings. The molecule has 6 heteroatoms. The van der Waals surface area contributed by atoms with Gasteiger partial charge in [0.2, 0.25) is 0 Å². The molecule has 6 nitrogen and oxygen atoms in total. The van der Waals surface area contributed by atoms with Gasteiger partial charge in [0.05, 0.1) is 12.1 Å². The third-order valence-electron chi connectivity index (χ3n) is 6.11. The second-order valence-corrected chi connectivity index (χ2v) is 9.14. The van der Waals surface area contributed by atoms with E-state index >= 15 is 0 Å². The summed E-state index contributed by atoms with van der Waals surface area (Å²) in [4.78, 5) is 16.1. The number of aliphatic imine (C=N–C) groups is 1. The SMILES string of the molecule is C=C/C(=C\N(C)C)c1cccc(-c2ncc(C3=CC(C)N=C3)c(NC[C@H]3CC[C@@H](O)C3)n2)c1. The first-order valence-corrected chi connectivity index (χ1v) is 11.6. The van der Waals surface area contributed by atoms with Crippen LogP contribution in [0.1, 0.15) is 37.3 Å². The van der Waals surface area contributed by atoms with Gasteiger partial charge in [0.25, 0.3) is 0 Å². The summed E-state index contributed by atoms with van der Waals surface area (Å²) in [7, 11) is 4.00. The second kappa shape index (κ2) is 10.1. The molecule has 1 aromatic carbocycles. The average Bonchev–Trinajstić information content (AvgIpc) is 3.43. The zero-order valence-corrected chi connectivity index (χ0v) is 19.7. The summed E-state index contributed by atoms with van der Waals surface area (Å²) in [5.74, 6) is 1.93. The average molecular weight is 444 g/mol. The lowest BCUT2D eigenvalue weighted by atomic mass is 10.0. The Morgan fingerprint density at radius 2 is 2.15 bits per heavy atom. The van der Waals surface area contributed by atoms with Gasteiger partial charge in [-0.25, -0.2) is 9.97 Å². The van der Waals surface area contributed by atoms with Gasteiger partial charge in [-0.3, -0.25) is 4.99 Å². The molecule has 1 fully saturated rings. The van der Waals surface area contributed by atoms with E-state index < -0.39 is 0 Å². The monoisotopic (exact) mass is 443 g/mol. The number of aromatic nitrogens is 2. The fourth-order valence-electron chi connectivity index (χ4n) is 4.41. The quantitative estimate of drug-likeness (QED) is 0.581. The van der Waals surface area contributed by atoms with Crippen LogP contribution in [0, 0.1) is 5.92 Å². The highest BCUT2D eigenvalue weighted by Gasteiger charge is 2.23. The predicted octanol–water partition coefficient (Wildman–Crippen LogP) is 4.66. The van der Waals surface area contributed by atoms with Crippen LogP contribution in [-0.2, 0) is 0 Å².